The number of ether oxygens (including phenoxy) is 1. The van der Waals surface area contributed by atoms with Gasteiger partial charge in [-0.25, -0.2) is 4.79 Å². The number of urea groups is 1. The SMILES string of the molecule is CC(C)NC(=O)N1CC(c2ccccc2)OC1C. The van der Waals surface area contributed by atoms with Crippen molar-refractivity contribution in [3.05, 3.63) is 35.9 Å². The zero-order valence-electron chi connectivity index (χ0n) is 11.1. The molecule has 0 saturated carbocycles. The summed E-state index contributed by atoms with van der Waals surface area (Å²) in [6, 6.07) is 10.1. The van der Waals surface area contributed by atoms with Crippen molar-refractivity contribution in [2.24, 2.45) is 0 Å². The average molecular weight is 248 g/mol. The normalized spacial score (nSPS) is 23.4. The summed E-state index contributed by atoms with van der Waals surface area (Å²) in [6.45, 7) is 6.41. The van der Waals surface area contributed by atoms with E-state index in [9.17, 15) is 4.79 Å². The van der Waals surface area contributed by atoms with Crippen molar-refractivity contribution >= 4 is 6.03 Å². The molecule has 1 saturated heterocycles. The van der Waals surface area contributed by atoms with E-state index in [2.05, 4.69) is 5.32 Å². The molecule has 2 unspecified atom stereocenters. The fourth-order valence-corrected chi connectivity index (χ4v) is 2.11. The lowest BCUT2D eigenvalue weighted by Crippen LogP contribution is -2.44. The standard InChI is InChI=1S/C14H20N2O2/c1-10(2)15-14(17)16-9-13(18-11(16)3)12-7-5-4-6-8-12/h4-8,10-11,13H,9H2,1-3H3,(H,15,17). The molecule has 1 fully saturated rings. The number of rotatable bonds is 2. The van der Waals surface area contributed by atoms with E-state index < -0.39 is 0 Å². The van der Waals surface area contributed by atoms with Crippen molar-refractivity contribution in [3.8, 4) is 0 Å². The quantitative estimate of drug-likeness (QED) is 0.873. The molecule has 98 valence electrons. The van der Waals surface area contributed by atoms with Gasteiger partial charge in [0.2, 0.25) is 0 Å². The van der Waals surface area contributed by atoms with Crippen molar-refractivity contribution in [1.29, 1.82) is 0 Å². The molecule has 18 heavy (non-hydrogen) atoms. The van der Waals surface area contributed by atoms with Crippen LogP contribution in [0, 0.1) is 0 Å². The van der Waals surface area contributed by atoms with Gasteiger partial charge in [-0.15, -0.1) is 0 Å². The van der Waals surface area contributed by atoms with Gasteiger partial charge >= 0.3 is 6.03 Å². The third-order valence-corrected chi connectivity index (χ3v) is 3.01. The van der Waals surface area contributed by atoms with Gasteiger partial charge in [0.25, 0.3) is 0 Å². The van der Waals surface area contributed by atoms with Crippen LogP contribution in [-0.4, -0.2) is 29.7 Å². The van der Waals surface area contributed by atoms with E-state index in [1.54, 1.807) is 4.90 Å². The van der Waals surface area contributed by atoms with Crippen molar-refractivity contribution in [2.75, 3.05) is 6.54 Å². The number of benzene rings is 1. The van der Waals surface area contributed by atoms with Crippen molar-refractivity contribution in [2.45, 2.75) is 39.1 Å². The van der Waals surface area contributed by atoms with Gasteiger partial charge in [-0.05, 0) is 26.3 Å². The highest BCUT2D eigenvalue weighted by atomic mass is 16.5. The van der Waals surface area contributed by atoms with Crippen LogP contribution in [0.1, 0.15) is 32.4 Å². The molecular formula is C14H20N2O2. The Morgan fingerprint density at radius 1 is 1.39 bits per heavy atom. The summed E-state index contributed by atoms with van der Waals surface area (Å²) in [6.07, 6.45) is -0.215. The maximum atomic E-state index is 12.0. The molecular weight excluding hydrogens is 228 g/mol. The average Bonchev–Trinajstić information content (AvgIpc) is 2.72. The van der Waals surface area contributed by atoms with E-state index in [1.807, 2.05) is 51.1 Å². The maximum absolute atomic E-state index is 12.0. The van der Waals surface area contributed by atoms with Crippen LogP contribution >= 0.6 is 0 Å². The molecule has 0 radical (unpaired) electrons. The first-order valence-electron chi connectivity index (χ1n) is 6.35. The fourth-order valence-electron chi connectivity index (χ4n) is 2.11. The third kappa shape index (κ3) is 2.82. The van der Waals surface area contributed by atoms with E-state index in [-0.39, 0.29) is 24.4 Å². The van der Waals surface area contributed by atoms with Crippen LogP contribution in [0.4, 0.5) is 4.79 Å². The lowest BCUT2D eigenvalue weighted by atomic mass is 10.1. The Bertz CT molecular complexity index is 406. The van der Waals surface area contributed by atoms with Crippen LogP contribution in [0.5, 0.6) is 0 Å². The van der Waals surface area contributed by atoms with Gasteiger partial charge in [0.15, 0.2) is 0 Å². The van der Waals surface area contributed by atoms with E-state index in [0.29, 0.717) is 6.54 Å². The number of nitrogens with one attached hydrogen (secondary N) is 1. The van der Waals surface area contributed by atoms with Gasteiger partial charge in [-0.1, -0.05) is 30.3 Å². The number of carbonyl (C=O) groups is 1. The van der Waals surface area contributed by atoms with Gasteiger partial charge in [0, 0.05) is 6.04 Å². The Balaban J connectivity index is 2.03. The molecule has 1 heterocycles. The summed E-state index contributed by atoms with van der Waals surface area (Å²) in [4.78, 5) is 13.7. The molecule has 1 N–H and O–H groups in total. The Kier molecular flexibility index (Phi) is 3.87. The molecule has 1 aromatic carbocycles. The lowest BCUT2D eigenvalue weighted by Gasteiger charge is -2.21. The first-order chi connectivity index (χ1) is 8.58. The molecule has 2 atom stereocenters. The smallest absolute Gasteiger partial charge is 0.319 e. The zero-order valence-corrected chi connectivity index (χ0v) is 11.1. The number of hydrogen-bond acceptors (Lipinski definition) is 2. The molecule has 1 aliphatic heterocycles. The predicted octanol–water partition coefficient (Wildman–Crippen LogP) is 2.52. The first-order valence-corrected chi connectivity index (χ1v) is 6.35. The van der Waals surface area contributed by atoms with Gasteiger partial charge < -0.3 is 10.1 Å². The van der Waals surface area contributed by atoms with Crippen LogP contribution in [0.2, 0.25) is 0 Å². The van der Waals surface area contributed by atoms with E-state index >= 15 is 0 Å². The van der Waals surface area contributed by atoms with Crippen LogP contribution in [0.25, 0.3) is 0 Å². The second-order valence-corrected chi connectivity index (χ2v) is 4.89. The highest BCUT2D eigenvalue weighted by Gasteiger charge is 2.34. The Hall–Kier alpha value is -1.55. The second-order valence-electron chi connectivity index (χ2n) is 4.89. The molecule has 2 rings (SSSR count). The van der Waals surface area contributed by atoms with Gasteiger partial charge in [-0.3, -0.25) is 4.90 Å². The monoisotopic (exact) mass is 248 g/mol. The van der Waals surface area contributed by atoms with E-state index in [1.165, 1.54) is 0 Å². The van der Waals surface area contributed by atoms with E-state index in [4.69, 9.17) is 4.74 Å². The number of nitrogens with zero attached hydrogens (tertiary/aromatic N) is 1. The Morgan fingerprint density at radius 2 is 2.06 bits per heavy atom. The molecule has 1 aliphatic rings. The third-order valence-electron chi connectivity index (χ3n) is 3.01. The molecule has 4 heteroatoms. The molecule has 2 amide bonds. The lowest BCUT2D eigenvalue weighted by molar-refractivity contribution is 0.0239. The Morgan fingerprint density at radius 3 is 2.67 bits per heavy atom. The molecule has 4 nitrogen and oxygen atoms in total. The minimum atomic E-state index is -0.186. The van der Waals surface area contributed by atoms with Crippen LogP contribution in [0.15, 0.2) is 30.3 Å². The molecule has 0 bridgehead atoms. The highest BCUT2D eigenvalue weighted by Crippen LogP contribution is 2.28. The van der Waals surface area contributed by atoms with Crippen LogP contribution in [-0.2, 0) is 4.74 Å². The number of amides is 2. The Labute approximate surface area is 108 Å². The minimum absolute atomic E-state index is 0.0286. The zero-order chi connectivity index (χ0) is 13.1. The van der Waals surface area contributed by atoms with Crippen LogP contribution < -0.4 is 5.32 Å². The maximum Gasteiger partial charge on any atom is 0.319 e. The van der Waals surface area contributed by atoms with Gasteiger partial charge in [0.05, 0.1) is 6.54 Å². The first kappa shape index (κ1) is 12.9. The van der Waals surface area contributed by atoms with Gasteiger partial charge in [0.1, 0.15) is 12.3 Å². The van der Waals surface area contributed by atoms with Crippen molar-refractivity contribution < 1.29 is 9.53 Å². The summed E-state index contributed by atoms with van der Waals surface area (Å²) in [7, 11) is 0. The minimum Gasteiger partial charge on any atom is -0.349 e. The van der Waals surface area contributed by atoms with Crippen LogP contribution in [0.3, 0.4) is 0 Å². The number of carbonyl (C=O) groups excluding carboxylic acids is 1. The predicted molar refractivity (Wildman–Crippen MR) is 70.1 cm³/mol. The second kappa shape index (κ2) is 5.40. The molecule has 0 spiro atoms. The topological polar surface area (TPSA) is 41.6 Å². The molecule has 0 aromatic heterocycles. The van der Waals surface area contributed by atoms with Crippen molar-refractivity contribution in [3.63, 3.8) is 0 Å². The summed E-state index contributed by atoms with van der Waals surface area (Å²) in [5, 5.41) is 2.89. The molecule has 1 aromatic rings. The summed E-state index contributed by atoms with van der Waals surface area (Å²) in [5.41, 5.74) is 1.11. The fraction of sp³-hybridized carbons (Fsp3) is 0.500. The largest absolute Gasteiger partial charge is 0.349 e. The molecule has 0 aliphatic carbocycles. The van der Waals surface area contributed by atoms with E-state index in [0.717, 1.165) is 5.56 Å². The van der Waals surface area contributed by atoms with Gasteiger partial charge in [-0.2, -0.15) is 0 Å². The summed E-state index contributed by atoms with van der Waals surface area (Å²) >= 11 is 0. The van der Waals surface area contributed by atoms with Crippen molar-refractivity contribution in [1.82, 2.24) is 10.2 Å². The summed E-state index contributed by atoms with van der Waals surface area (Å²) in [5.74, 6) is 0. The summed E-state index contributed by atoms with van der Waals surface area (Å²) < 4.78 is 5.83. The number of hydrogen-bond donors (Lipinski definition) is 1. The highest BCUT2D eigenvalue weighted by molar-refractivity contribution is 5.75.